The third kappa shape index (κ3) is 1.18. The third-order valence-corrected chi connectivity index (χ3v) is 4.04. The lowest BCUT2D eigenvalue weighted by molar-refractivity contribution is -0.150. The Hall–Kier alpha value is -0.570. The number of carboxylic acid groups (broad SMARTS) is 1. The molecular formula is C11H18O3. The van der Waals surface area contributed by atoms with Crippen LogP contribution in [-0.2, 0) is 9.53 Å². The molecule has 0 aromatic heterocycles. The van der Waals surface area contributed by atoms with E-state index < -0.39 is 11.4 Å². The third-order valence-electron chi connectivity index (χ3n) is 4.04. The van der Waals surface area contributed by atoms with Gasteiger partial charge in [-0.15, -0.1) is 0 Å². The number of carboxylic acids is 1. The van der Waals surface area contributed by atoms with Gasteiger partial charge in [0.15, 0.2) is 0 Å². The number of hydrogen-bond acceptors (Lipinski definition) is 2. The van der Waals surface area contributed by atoms with E-state index in [1.165, 1.54) is 0 Å². The highest BCUT2D eigenvalue weighted by molar-refractivity contribution is 5.80. The molecule has 0 amide bonds. The molecule has 0 radical (unpaired) electrons. The summed E-state index contributed by atoms with van der Waals surface area (Å²) < 4.78 is 5.39. The SMILES string of the molecule is CC1(C)CC1(C(=O)O)C1CCCOC1. The fourth-order valence-corrected chi connectivity index (χ4v) is 3.02. The maximum absolute atomic E-state index is 11.3. The van der Waals surface area contributed by atoms with E-state index >= 15 is 0 Å². The van der Waals surface area contributed by atoms with Crippen molar-refractivity contribution in [1.82, 2.24) is 0 Å². The van der Waals surface area contributed by atoms with Gasteiger partial charge in [-0.25, -0.2) is 0 Å². The predicted molar refractivity (Wildman–Crippen MR) is 52.0 cm³/mol. The highest BCUT2D eigenvalue weighted by atomic mass is 16.5. The molecule has 14 heavy (non-hydrogen) atoms. The minimum absolute atomic E-state index is 0.0375. The van der Waals surface area contributed by atoms with Crippen LogP contribution in [0.15, 0.2) is 0 Å². The molecule has 0 spiro atoms. The Morgan fingerprint density at radius 1 is 1.50 bits per heavy atom. The molecule has 80 valence electrons. The Balaban J connectivity index is 2.17. The summed E-state index contributed by atoms with van der Waals surface area (Å²) in [6.45, 7) is 5.54. The molecule has 2 unspecified atom stereocenters. The van der Waals surface area contributed by atoms with Crippen LogP contribution in [-0.4, -0.2) is 24.3 Å². The van der Waals surface area contributed by atoms with Crippen molar-refractivity contribution in [2.24, 2.45) is 16.7 Å². The van der Waals surface area contributed by atoms with Gasteiger partial charge in [-0.2, -0.15) is 0 Å². The number of aliphatic carboxylic acids is 1. The monoisotopic (exact) mass is 198 g/mol. The van der Waals surface area contributed by atoms with Gasteiger partial charge in [0.2, 0.25) is 0 Å². The molecule has 3 heteroatoms. The zero-order valence-electron chi connectivity index (χ0n) is 8.88. The molecule has 1 aliphatic heterocycles. The summed E-state index contributed by atoms with van der Waals surface area (Å²) in [4.78, 5) is 11.3. The Bertz CT molecular complexity index is 253. The van der Waals surface area contributed by atoms with Gasteiger partial charge in [-0.3, -0.25) is 4.79 Å². The van der Waals surface area contributed by atoms with Crippen molar-refractivity contribution in [3.8, 4) is 0 Å². The van der Waals surface area contributed by atoms with E-state index in [2.05, 4.69) is 13.8 Å². The first-order valence-corrected chi connectivity index (χ1v) is 5.32. The van der Waals surface area contributed by atoms with Crippen molar-refractivity contribution in [1.29, 1.82) is 0 Å². The van der Waals surface area contributed by atoms with Crippen LogP contribution in [0.25, 0.3) is 0 Å². The second-order valence-corrected chi connectivity index (χ2v) is 5.25. The van der Waals surface area contributed by atoms with Crippen LogP contribution < -0.4 is 0 Å². The topological polar surface area (TPSA) is 46.5 Å². The summed E-state index contributed by atoms with van der Waals surface area (Å²) in [5.74, 6) is -0.401. The van der Waals surface area contributed by atoms with Crippen molar-refractivity contribution in [3.05, 3.63) is 0 Å². The Morgan fingerprint density at radius 3 is 2.50 bits per heavy atom. The van der Waals surface area contributed by atoms with E-state index in [1.54, 1.807) is 0 Å². The van der Waals surface area contributed by atoms with E-state index in [-0.39, 0.29) is 11.3 Å². The molecule has 2 rings (SSSR count). The normalized spacial score (nSPS) is 40.6. The van der Waals surface area contributed by atoms with Crippen LogP contribution in [0.1, 0.15) is 33.1 Å². The summed E-state index contributed by atoms with van der Waals surface area (Å²) in [5, 5.41) is 9.34. The zero-order chi connectivity index (χ0) is 10.4. The van der Waals surface area contributed by atoms with E-state index in [9.17, 15) is 9.90 Å². The van der Waals surface area contributed by atoms with Gasteiger partial charge >= 0.3 is 5.97 Å². The summed E-state index contributed by atoms with van der Waals surface area (Å²) >= 11 is 0. The van der Waals surface area contributed by atoms with Crippen LogP contribution in [0.4, 0.5) is 0 Å². The second kappa shape index (κ2) is 2.96. The average Bonchev–Trinajstić information content (AvgIpc) is 2.72. The fourth-order valence-electron chi connectivity index (χ4n) is 3.02. The molecular weight excluding hydrogens is 180 g/mol. The molecule has 1 aliphatic carbocycles. The minimum atomic E-state index is -0.627. The number of hydrogen-bond donors (Lipinski definition) is 1. The van der Waals surface area contributed by atoms with Crippen molar-refractivity contribution >= 4 is 5.97 Å². The smallest absolute Gasteiger partial charge is 0.310 e. The second-order valence-electron chi connectivity index (χ2n) is 5.25. The van der Waals surface area contributed by atoms with Crippen molar-refractivity contribution in [3.63, 3.8) is 0 Å². The van der Waals surface area contributed by atoms with Gasteiger partial charge in [0.1, 0.15) is 0 Å². The first-order chi connectivity index (χ1) is 6.51. The highest BCUT2D eigenvalue weighted by Gasteiger charge is 2.70. The highest BCUT2D eigenvalue weighted by Crippen LogP contribution is 2.68. The Labute approximate surface area is 84.4 Å². The zero-order valence-corrected chi connectivity index (χ0v) is 8.88. The van der Waals surface area contributed by atoms with Gasteiger partial charge in [0.25, 0.3) is 0 Å². The molecule has 0 aromatic rings. The summed E-state index contributed by atoms with van der Waals surface area (Å²) in [6.07, 6.45) is 2.83. The number of rotatable bonds is 2. The molecule has 2 atom stereocenters. The maximum atomic E-state index is 11.3. The van der Waals surface area contributed by atoms with Gasteiger partial charge in [-0.05, 0) is 30.6 Å². The molecule has 1 heterocycles. The molecule has 2 fully saturated rings. The van der Waals surface area contributed by atoms with Crippen LogP contribution in [0, 0.1) is 16.7 Å². The predicted octanol–water partition coefficient (Wildman–Crippen LogP) is 1.91. The van der Waals surface area contributed by atoms with Crippen molar-refractivity contribution in [2.45, 2.75) is 33.1 Å². The van der Waals surface area contributed by atoms with Gasteiger partial charge in [0.05, 0.1) is 12.0 Å². The first kappa shape index (κ1) is 9.97. The lowest BCUT2D eigenvalue weighted by atomic mass is 9.79. The molecule has 0 aromatic carbocycles. The summed E-state index contributed by atoms with van der Waals surface area (Å²) in [5.41, 5.74) is -0.530. The van der Waals surface area contributed by atoms with Gasteiger partial charge in [-0.1, -0.05) is 13.8 Å². The molecule has 1 saturated carbocycles. The standard InChI is InChI=1S/C11H18O3/c1-10(2)7-11(10,9(12)13)8-4-3-5-14-6-8/h8H,3-7H2,1-2H3,(H,12,13). The molecule has 0 bridgehead atoms. The summed E-state index contributed by atoms with van der Waals surface area (Å²) in [7, 11) is 0. The quantitative estimate of drug-likeness (QED) is 0.737. The Morgan fingerprint density at radius 2 is 2.14 bits per heavy atom. The molecule has 1 N–H and O–H groups in total. The van der Waals surface area contributed by atoms with Crippen LogP contribution in [0.2, 0.25) is 0 Å². The first-order valence-electron chi connectivity index (χ1n) is 5.32. The number of carbonyl (C=O) groups is 1. The summed E-state index contributed by atoms with van der Waals surface area (Å²) in [6, 6.07) is 0. The lowest BCUT2D eigenvalue weighted by Crippen LogP contribution is -2.35. The van der Waals surface area contributed by atoms with Gasteiger partial charge in [0, 0.05) is 6.61 Å². The van der Waals surface area contributed by atoms with E-state index in [1.807, 2.05) is 0 Å². The average molecular weight is 198 g/mol. The van der Waals surface area contributed by atoms with Crippen LogP contribution in [0.5, 0.6) is 0 Å². The number of ether oxygens (including phenoxy) is 1. The minimum Gasteiger partial charge on any atom is -0.481 e. The van der Waals surface area contributed by atoms with Gasteiger partial charge < -0.3 is 9.84 Å². The van der Waals surface area contributed by atoms with Crippen LogP contribution in [0.3, 0.4) is 0 Å². The van der Waals surface area contributed by atoms with E-state index in [4.69, 9.17) is 4.74 Å². The molecule has 1 saturated heterocycles. The van der Waals surface area contributed by atoms with E-state index in [0.717, 1.165) is 25.9 Å². The molecule has 2 aliphatic rings. The Kier molecular flexibility index (Phi) is 2.11. The fraction of sp³-hybridized carbons (Fsp3) is 0.909. The van der Waals surface area contributed by atoms with E-state index in [0.29, 0.717) is 6.61 Å². The maximum Gasteiger partial charge on any atom is 0.310 e. The largest absolute Gasteiger partial charge is 0.481 e. The van der Waals surface area contributed by atoms with Crippen molar-refractivity contribution < 1.29 is 14.6 Å². The van der Waals surface area contributed by atoms with Crippen molar-refractivity contribution in [2.75, 3.05) is 13.2 Å². The lowest BCUT2D eigenvalue weighted by Gasteiger charge is -2.30. The van der Waals surface area contributed by atoms with Crippen LogP contribution >= 0.6 is 0 Å². The molecule has 3 nitrogen and oxygen atoms in total.